The zero-order valence-electron chi connectivity index (χ0n) is 11.9. The number of amides is 1. The third-order valence-corrected chi connectivity index (χ3v) is 3.21. The number of carbonyl (C=O) groups is 1. The van der Waals surface area contributed by atoms with Crippen LogP contribution in [-0.2, 0) is 17.8 Å². The predicted molar refractivity (Wildman–Crippen MR) is 82.7 cm³/mol. The number of anilines is 1. The van der Waals surface area contributed by atoms with Crippen molar-refractivity contribution in [2.24, 2.45) is 0 Å². The molecule has 21 heavy (non-hydrogen) atoms. The average Bonchev–Trinajstić information content (AvgIpc) is 2.54. The van der Waals surface area contributed by atoms with Crippen molar-refractivity contribution in [2.75, 3.05) is 12.4 Å². The minimum Gasteiger partial charge on any atom is -0.381 e. The average molecular weight is 279 g/mol. The summed E-state index contributed by atoms with van der Waals surface area (Å²) in [4.78, 5) is 11.5. The molecule has 0 atom stereocenters. The summed E-state index contributed by atoms with van der Waals surface area (Å²) < 4.78 is 0. The first-order valence-electron chi connectivity index (χ1n) is 6.74. The van der Waals surface area contributed by atoms with Crippen LogP contribution in [0.15, 0.2) is 48.5 Å². The van der Waals surface area contributed by atoms with Crippen molar-refractivity contribution in [3.63, 3.8) is 0 Å². The zero-order chi connectivity index (χ0) is 15.1. The van der Waals surface area contributed by atoms with Crippen molar-refractivity contribution in [1.29, 1.82) is 5.26 Å². The summed E-state index contributed by atoms with van der Waals surface area (Å²) in [5.74, 6) is -0.0115. The molecule has 1 amide bonds. The summed E-state index contributed by atoms with van der Waals surface area (Å²) >= 11 is 0. The Hall–Kier alpha value is -2.80. The topological polar surface area (TPSA) is 64.9 Å². The molecule has 0 bridgehead atoms. The van der Waals surface area contributed by atoms with Crippen LogP contribution in [0.3, 0.4) is 0 Å². The quantitative estimate of drug-likeness (QED) is 0.883. The predicted octanol–water partition coefficient (Wildman–Crippen LogP) is 2.46. The summed E-state index contributed by atoms with van der Waals surface area (Å²) in [6, 6.07) is 17.3. The van der Waals surface area contributed by atoms with Gasteiger partial charge in [-0.25, -0.2) is 0 Å². The van der Waals surface area contributed by atoms with E-state index in [1.807, 2.05) is 36.4 Å². The molecule has 0 radical (unpaired) electrons. The monoisotopic (exact) mass is 279 g/mol. The summed E-state index contributed by atoms with van der Waals surface area (Å²) in [5.41, 5.74) is 3.65. The van der Waals surface area contributed by atoms with E-state index in [1.165, 1.54) is 0 Å². The lowest BCUT2D eigenvalue weighted by Crippen LogP contribution is -2.20. The second kappa shape index (κ2) is 7.11. The maximum absolute atomic E-state index is 11.5. The number of nitrogens with zero attached hydrogens (tertiary/aromatic N) is 1. The molecular weight excluding hydrogens is 262 g/mol. The molecule has 2 aromatic carbocycles. The third-order valence-electron chi connectivity index (χ3n) is 3.21. The van der Waals surface area contributed by atoms with Crippen LogP contribution in [0.2, 0.25) is 0 Å². The Kier molecular flexibility index (Phi) is 4.94. The fraction of sp³-hybridized carbons (Fsp3) is 0.176. The van der Waals surface area contributed by atoms with Crippen molar-refractivity contribution in [2.45, 2.75) is 13.0 Å². The molecule has 2 rings (SSSR count). The summed E-state index contributed by atoms with van der Waals surface area (Å²) in [5, 5.41) is 14.7. The van der Waals surface area contributed by atoms with Gasteiger partial charge in [0.2, 0.25) is 5.91 Å². The Morgan fingerprint density at radius 2 is 1.86 bits per heavy atom. The second-order valence-electron chi connectivity index (χ2n) is 4.67. The Morgan fingerprint density at radius 1 is 1.14 bits per heavy atom. The number of hydrogen-bond donors (Lipinski definition) is 2. The minimum atomic E-state index is -0.0115. The number of rotatable bonds is 5. The molecule has 0 spiro atoms. The van der Waals surface area contributed by atoms with Crippen LogP contribution in [0.5, 0.6) is 0 Å². The molecule has 0 unspecified atom stereocenters. The van der Waals surface area contributed by atoms with Crippen molar-refractivity contribution in [3.05, 3.63) is 65.2 Å². The summed E-state index contributed by atoms with van der Waals surface area (Å²) in [6.07, 6.45) is 0.354. The number of para-hydroxylation sites is 1. The highest BCUT2D eigenvalue weighted by atomic mass is 16.1. The van der Waals surface area contributed by atoms with Crippen molar-refractivity contribution >= 4 is 11.6 Å². The molecule has 0 aliphatic carbocycles. The number of nitrogens with one attached hydrogen (secondary N) is 2. The molecule has 0 aliphatic rings. The highest BCUT2D eigenvalue weighted by Crippen LogP contribution is 2.17. The van der Waals surface area contributed by atoms with E-state index < -0.39 is 0 Å². The zero-order valence-corrected chi connectivity index (χ0v) is 11.9. The number of hydrogen-bond acceptors (Lipinski definition) is 3. The molecule has 0 aliphatic heterocycles. The van der Waals surface area contributed by atoms with E-state index in [2.05, 4.69) is 16.7 Å². The van der Waals surface area contributed by atoms with E-state index in [0.29, 0.717) is 18.5 Å². The van der Waals surface area contributed by atoms with Crippen LogP contribution in [-0.4, -0.2) is 13.0 Å². The summed E-state index contributed by atoms with van der Waals surface area (Å²) in [6.45, 7) is 0.649. The van der Waals surface area contributed by atoms with Gasteiger partial charge in [-0.2, -0.15) is 5.26 Å². The Bertz CT molecular complexity index is 656. The molecule has 4 nitrogen and oxygen atoms in total. The molecule has 0 fully saturated rings. The van der Waals surface area contributed by atoms with Gasteiger partial charge in [0.05, 0.1) is 18.1 Å². The van der Waals surface area contributed by atoms with Gasteiger partial charge in [0.15, 0.2) is 0 Å². The molecule has 2 aromatic rings. The number of benzene rings is 2. The molecule has 0 heterocycles. The lowest BCUT2D eigenvalue weighted by Gasteiger charge is -2.11. The van der Waals surface area contributed by atoms with Gasteiger partial charge in [-0.05, 0) is 29.3 Å². The van der Waals surface area contributed by atoms with Crippen LogP contribution in [0.25, 0.3) is 0 Å². The maximum atomic E-state index is 11.5. The largest absolute Gasteiger partial charge is 0.381 e. The standard InChI is InChI=1S/C17H17N3O/c1-19-17(21)10-15-4-2-3-5-16(15)20-12-14-8-6-13(11-18)7-9-14/h2-9,20H,10,12H2,1H3,(H,19,21). The van der Waals surface area contributed by atoms with Crippen molar-refractivity contribution < 1.29 is 4.79 Å². The maximum Gasteiger partial charge on any atom is 0.224 e. The van der Waals surface area contributed by atoms with Gasteiger partial charge in [-0.3, -0.25) is 4.79 Å². The third kappa shape index (κ3) is 4.08. The highest BCUT2D eigenvalue weighted by Gasteiger charge is 2.06. The van der Waals surface area contributed by atoms with E-state index in [-0.39, 0.29) is 5.91 Å². The van der Waals surface area contributed by atoms with Gasteiger partial charge in [-0.15, -0.1) is 0 Å². The first-order chi connectivity index (χ1) is 10.2. The van der Waals surface area contributed by atoms with Gasteiger partial charge >= 0.3 is 0 Å². The van der Waals surface area contributed by atoms with Gasteiger partial charge in [0.25, 0.3) is 0 Å². The number of carbonyl (C=O) groups excluding carboxylic acids is 1. The highest BCUT2D eigenvalue weighted by molar-refractivity contribution is 5.80. The Morgan fingerprint density at radius 3 is 2.52 bits per heavy atom. The normalized spacial score (nSPS) is 9.71. The van der Waals surface area contributed by atoms with Crippen LogP contribution in [0.4, 0.5) is 5.69 Å². The van der Waals surface area contributed by atoms with Gasteiger partial charge < -0.3 is 10.6 Å². The smallest absolute Gasteiger partial charge is 0.224 e. The fourth-order valence-corrected chi connectivity index (χ4v) is 2.00. The molecule has 106 valence electrons. The first-order valence-corrected chi connectivity index (χ1v) is 6.74. The van der Waals surface area contributed by atoms with Gasteiger partial charge in [0.1, 0.15) is 0 Å². The Labute approximate surface area is 124 Å². The molecule has 2 N–H and O–H groups in total. The lowest BCUT2D eigenvalue weighted by atomic mass is 10.1. The van der Waals surface area contributed by atoms with Crippen molar-refractivity contribution in [1.82, 2.24) is 5.32 Å². The van der Waals surface area contributed by atoms with Gasteiger partial charge in [-0.1, -0.05) is 30.3 Å². The van der Waals surface area contributed by atoms with Gasteiger partial charge in [0, 0.05) is 19.3 Å². The van der Waals surface area contributed by atoms with Crippen molar-refractivity contribution in [3.8, 4) is 6.07 Å². The van der Waals surface area contributed by atoms with Crippen LogP contribution in [0.1, 0.15) is 16.7 Å². The molecule has 0 saturated carbocycles. The van der Waals surface area contributed by atoms with E-state index in [0.717, 1.165) is 16.8 Å². The lowest BCUT2D eigenvalue weighted by molar-refractivity contribution is -0.119. The van der Waals surface area contributed by atoms with Crippen LogP contribution < -0.4 is 10.6 Å². The van der Waals surface area contributed by atoms with E-state index in [4.69, 9.17) is 5.26 Å². The molecule has 0 saturated heterocycles. The van der Waals surface area contributed by atoms with E-state index in [9.17, 15) is 4.79 Å². The number of likely N-dealkylation sites (N-methyl/N-ethyl adjacent to an activating group) is 1. The van der Waals surface area contributed by atoms with Crippen LogP contribution in [0, 0.1) is 11.3 Å². The molecular formula is C17H17N3O. The SMILES string of the molecule is CNC(=O)Cc1ccccc1NCc1ccc(C#N)cc1. The van der Waals surface area contributed by atoms with Crippen LogP contribution >= 0.6 is 0 Å². The van der Waals surface area contributed by atoms with E-state index >= 15 is 0 Å². The minimum absolute atomic E-state index is 0.0115. The molecule has 4 heteroatoms. The molecule has 0 aromatic heterocycles. The fourth-order valence-electron chi connectivity index (χ4n) is 2.00. The Balaban J connectivity index is 2.05. The second-order valence-corrected chi connectivity index (χ2v) is 4.67. The summed E-state index contributed by atoms with van der Waals surface area (Å²) in [7, 11) is 1.63. The number of nitriles is 1. The first kappa shape index (κ1) is 14.6. The van der Waals surface area contributed by atoms with E-state index in [1.54, 1.807) is 19.2 Å².